The number of nitrogens with one attached hydrogen (secondary N) is 1. The highest BCUT2D eigenvalue weighted by molar-refractivity contribution is 6.35. The summed E-state index contributed by atoms with van der Waals surface area (Å²) in [7, 11) is 0. The quantitative estimate of drug-likeness (QED) is 0.609. The highest BCUT2D eigenvalue weighted by Gasteiger charge is 2.39. The predicted octanol–water partition coefficient (Wildman–Crippen LogP) is 3.94. The third-order valence-corrected chi connectivity index (χ3v) is 5.24. The second-order valence-corrected chi connectivity index (χ2v) is 7.62. The Labute approximate surface area is 177 Å². The maximum absolute atomic E-state index is 12.6. The molecule has 0 aliphatic rings. The zero-order chi connectivity index (χ0) is 20.3. The number of rotatable bonds is 6. The van der Waals surface area contributed by atoms with Crippen LogP contribution in [0.5, 0.6) is 0 Å². The zero-order valence-corrected chi connectivity index (χ0v) is 17.1. The van der Waals surface area contributed by atoms with E-state index in [0.29, 0.717) is 21.2 Å². The molecule has 0 saturated heterocycles. The first kappa shape index (κ1) is 20.6. The SMILES string of the molecule is C[C@@H](NC(=O)c1ccc(Cl)cc1)C(O)(Cn1cncn1)c1ccc(Cl)cc1Cl. The third kappa shape index (κ3) is 4.47. The third-order valence-electron chi connectivity index (χ3n) is 4.44. The summed E-state index contributed by atoms with van der Waals surface area (Å²) in [6.07, 6.45) is 2.84. The molecule has 6 nitrogen and oxygen atoms in total. The monoisotopic (exact) mass is 438 g/mol. The van der Waals surface area contributed by atoms with Gasteiger partial charge in [-0.05, 0) is 43.3 Å². The fourth-order valence-corrected chi connectivity index (χ4v) is 3.56. The number of carbonyl (C=O) groups excluding carboxylic acids is 1. The number of halogens is 3. The van der Waals surface area contributed by atoms with Crippen LogP contribution in [-0.4, -0.2) is 31.8 Å². The largest absolute Gasteiger partial charge is 0.381 e. The van der Waals surface area contributed by atoms with Crippen molar-refractivity contribution in [1.82, 2.24) is 20.1 Å². The van der Waals surface area contributed by atoms with E-state index in [4.69, 9.17) is 34.8 Å². The molecule has 1 amide bonds. The summed E-state index contributed by atoms with van der Waals surface area (Å²) in [6, 6.07) is 10.5. The van der Waals surface area contributed by atoms with Crippen molar-refractivity contribution < 1.29 is 9.90 Å². The molecule has 0 spiro atoms. The van der Waals surface area contributed by atoms with Crippen molar-refractivity contribution in [2.24, 2.45) is 0 Å². The number of benzene rings is 2. The van der Waals surface area contributed by atoms with Gasteiger partial charge in [0.2, 0.25) is 0 Å². The average Bonchev–Trinajstić information content (AvgIpc) is 3.14. The molecule has 3 aromatic rings. The van der Waals surface area contributed by atoms with Crippen LogP contribution in [-0.2, 0) is 12.1 Å². The molecule has 0 saturated carbocycles. The lowest BCUT2D eigenvalue weighted by molar-refractivity contribution is -0.0155. The first-order valence-corrected chi connectivity index (χ1v) is 9.50. The van der Waals surface area contributed by atoms with Gasteiger partial charge in [-0.1, -0.05) is 40.9 Å². The second-order valence-electron chi connectivity index (χ2n) is 6.34. The van der Waals surface area contributed by atoms with E-state index in [9.17, 15) is 9.90 Å². The number of aliphatic hydroxyl groups is 1. The first-order chi connectivity index (χ1) is 13.3. The van der Waals surface area contributed by atoms with Gasteiger partial charge in [-0.25, -0.2) is 9.67 Å². The maximum atomic E-state index is 12.6. The van der Waals surface area contributed by atoms with E-state index in [1.54, 1.807) is 49.4 Å². The van der Waals surface area contributed by atoms with Gasteiger partial charge in [-0.15, -0.1) is 0 Å². The Bertz CT molecular complexity index is 964. The van der Waals surface area contributed by atoms with Crippen LogP contribution in [0.15, 0.2) is 55.1 Å². The smallest absolute Gasteiger partial charge is 0.251 e. The highest BCUT2D eigenvalue weighted by atomic mass is 35.5. The molecule has 0 fully saturated rings. The number of hydrogen-bond acceptors (Lipinski definition) is 4. The predicted molar refractivity (Wildman–Crippen MR) is 109 cm³/mol. The lowest BCUT2D eigenvalue weighted by Gasteiger charge is -2.35. The number of nitrogens with zero attached hydrogens (tertiary/aromatic N) is 3. The van der Waals surface area contributed by atoms with E-state index in [1.165, 1.54) is 17.3 Å². The molecule has 2 atom stereocenters. The number of aromatic nitrogens is 3. The maximum Gasteiger partial charge on any atom is 0.251 e. The van der Waals surface area contributed by atoms with Gasteiger partial charge in [0.25, 0.3) is 5.91 Å². The molecule has 0 radical (unpaired) electrons. The number of carbonyl (C=O) groups is 1. The minimum absolute atomic E-state index is 0.0242. The van der Waals surface area contributed by atoms with Crippen LogP contribution in [0.3, 0.4) is 0 Å². The molecule has 1 unspecified atom stereocenters. The molecule has 1 aromatic heterocycles. The molecule has 0 aliphatic carbocycles. The van der Waals surface area contributed by atoms with E-state index in [1.807, 2.05) is 0 Å². The molecule has 3 rings (SSSR count). The summed E-state index contributed by atoms with van der Waals surface area (Å²) in [6.45, 7) is 1.71. The van der Waals surface area contributed by atoms with Crippen molar-refractivity contribution in [2.75, 3.05) is 0 Å². The summed E-state index contributed by atoms with van der Waals surface area (Å²) >= 11 is 18.2. The Morgan fingerprint density at radius 2 is 1.86 bits per heavy atom. The zero-order valence-electron chi connectivity index (χ0n) is 14.8. The number of amides is 1. The van der Waals surface area contributed by atoms with Crippen molar-refractivity contribution in [1.29, 1.82) is 0 Å². The lowest BCUT2D eigenvalue weighted by atomic mass is 9.86. The second kappa shape index (κ2) is 8.49. The van der Waals surface area contributed by atoms with Gasteiger partial charge in [0.1, 0.15) is 18.3 Å². The Hall–Kier alpha value is -2.12. The van der Waals surface area contributed by atoms with Crippen LogP contribution < -0.4 is 5.32 Å². The molecule has 146 valence electrons. The molecule has 0 aliphatic heterocycles. The molecule has 28 heavy (non-hydrogen) atoms. The Kier molecular flexibility index (Phi) is 6.25. The minimum atomic E-state index is -1.57. The van der Waals surface area contributed by atoms with Crippen LogP contribution >= 0.6 is 34.8 Å². The molecular weight excluding hydrogens is 423 g/mol. The molecule has 1 heterocycles. The van der Waals surface area contributed by atoms with E-state index in [2.05, 4.69) is 15.4 Å². The van der Waals surface area contributed by atoms with E-state index < -0.39 is 11.6 Å². The van der Waals surface area contributed by atoms with E-state index >= 15 is 0 Å². The van der Waals surface area contributed by atoms with Crippen molar-refractivity contribution in [3.05, 3.63) is 81.3 Å². The van der Waals surface area contributed by atoms with Gasteiger partial charge in [0.15, 0.2) is 0 Å². The Balaban J connectivity index is 1.93. The van der Waals surface area contributed by atoms with Crippen LogP contribution in [0.25, 0.3) is 0 Å². The summed E-state index contributed by atoms with van der Waals surface area (Å²) in [4.78, 5) is 16.5. The summed E-state index contributed by atoms with van der Waals surface area (Å²) in [5.41, 5.74) is -0.739. The van der Waals surface area contributed by atoms with Gasteiger partial charge in [0.05, 0.1) is 12.6 Å². The molecule has 9 heteroatoms. The minimum Gasteiger partial charge on any atom is -0.381 e. The van der Waals surface area contributed by atoms with Crippen molar-refractivity contribution >= 4 is 40.7 Å². The first-order valence-electron chi connectivity index (χ1n) is 8.36. The normalized spacial score (nSPS) is 14.3. The van der Waals surface area contributed by atoms with Crippen LogP contribution in [0, 0.1) is 0 Å². The lowest BCUT2D eigenvalue weighted by Crippen LogP contribution is -2.51. The molecule has 2 N–H and O–H groups in total. The van der Waals surface area contributed by atoms with Crippen molar-refractivity contribution in [2.45, 2.75) is 25.1 Å². The van der Waals surface area contributed by atoms with Gasteiger partial charge in [0, 0.05) is 26.2 Å². The Morgan fingerprint density at radius 1 is 1.18 bits per heavy atom. The van der Waals surface area contributed by atoms with Crippen LogP contribution in [0.1, 0.15) is 22.8 Å². The van der Waals surface area contributed by atoms with Gasteiger partial charge < -0.3 is 10.4 Å². The van der Waals surface area contributed by atoms with Gasteiger partial charge in [-0.3, -0.25) is 4.79 Å². The van der Waals surface area contributed by atoms with Crippen LogP contribution in [0.2, 0.25) is 15.1 Å². The summed E-state index contributed by atoms with van der Waals surface area (Å²) in [5.74, 6) is -0.355. The number of hydrogen-bond donors (Lipinski definition) is 2. The highest BCUT2D eigenvalue weighted by Crippen LogP contribution is 2.34. The average molecular weight is 440 g/mol. The fraction of sp³-hybridized carbons (Fsp3) is 0.211. The summed E-state index contributed by atoms with van der Waals surface area (Å²) < 4.78 is 1.47. The van der Waals surface area contributed by atoms with Gasteiger partial charge >= 0.3 is 0 Å². The van der Waals surface area contributed by atoms with Crippen LogP contribution in [0.4, 0.5) is 0 Å². The van der Waals surface area contributed by atoms with Gasteiger partial charge in [-0.2, -0.15) is 5.10 Å². The molecule has 2 aromatic carbocycles. The van der Waals surface area contributed by atoms with E-state index in [-0.39, 0.29) is 17.5 Å². The fourth-order valence-electron chi connectivity index (χ4n) is 2.86. The molecular formula is C19H17Cl3N4O2. The molecule has 0 bridgehead atoms. The summed E-state index contributed by atoms with van der Waals surface area (Å²) in [5, 5.41) is 19.7. The van der Waals surface area contributed by atoms with E-state index in [0.717, 1.165) is 0 Å². The van der Waals surface area contributed by atoms with Crippen molar-refractivity contribution in [3.63, 3.8) is 0 Å². The topological polar surface area (TPSA) is 80.0 Å². The Morgan fingerprint density at radius 3 is 2.46 bits per heavy atom. The standard InChI is InChI=1S/C19H17Cl3N4O2/c1-12(25-18(27)13-2-4-14(20)5-3-13)19(28,9-26-11-23-10-24-26)16-7-6-15(21)8-17(16)22/h2-8,10-12,28H,9H2,1H3,(H,25,27)/t12-,19?/m1/s1. The van der Waals surface area contributed by atoms with Crippen molar-refractivity contribution in [3.8, 4) is 0 Å².